The number of nitriles is 1. The summed E-state index contributed by atoms with van der Waals surface area (Å²) in [5.74, 6) is 0. The minimum atomic E-state index is -3.76. The van der Waals surface area contributed by atoms with Crippen molar-refractivity contribution >= 4 is 43.2 Å². The molecule has 3 nitrogen and oxygen atoms in total. The van der Waals surface area contributed by atoms with Gasteiger partial charge in [-0.25, -0.2) is 8.42 Å². The quantitative estimate of drug-likeness (QED) is 0.787. The summed E-state index contributed by atoms with van der Waals surface area (Å²) in [5, 5.41) is 10.9. The number of hydrogen-bond donors (Lipinski definition) is 0. The molecule has 0 aliphatic carbocycles. The molecule has 1 heterocycles. The zero-order chi connectivity index (χ0) is 13.9. The van der Waals surface area contributed by atoms with Gasteiger partial charge in [0.1, 0.15) is 6.07 Å². The van der Waals surface area contributed by atoms with Crippen LogP contribution in [0.5, 0.6) is 0 Å². The summed E-state index contributed by atoms with van der Waals surface area (Å²) in [4.78, 5) is 0.592. The summed E-state index contributed by atoms with van der Waals surface area (Å²) in [6.07, 6.45) is 1.39. The highest BCUT2D eigenvalue weighted by atomic mass is 79.9. The molecule has 0 atom stereocenters. The van der Waals surface area contributed by atoms with E-state index >= 15 is 0 Å². The van der Waals surface area contributed by atoms with Crippen LogP contribution in [0.2, 0.25) is 0 Å². The second-order valence-corrected chi connectivity index (χ2v) is 7.41. The van der Waals surface area contributed by atoms with Gasteiger partial charge in [-0.2, -0.15) is 5.26 Å². The van der Waals surface area contributed by atoms with Crippen LogP contribution in [0.25, 0.3) is 6.08 Å². The lowest BCUT2D eigenvalue weighted by molar-refractivity contribution is 0.603. The van der Waals surface area contributed by atoms with Crippen LogP contribution < -0.4 is 0 Å². The smallest absolute Gasteiger partial charge is 0.216 e. The van der Waals surface area contributed by atoms with E-state index in [1.165, 1.54) is 29.5 Å². The number of benzene rings is 1. The van der Waals surface area contributed by atoms with E-state index in [0.29, 0.717) is 0 Å². The number of thiophene rings is 1. The number of rotatable bonds is 3. The van der Waals surface area contributed by atoms with Gasteiger partial charge in [-0.05, 0) is 41.8 Å². The van der Waals surface area contributed by atoms with Crippen LogP contribution in [0.1, 0.15) is 4.88 Å². The third-order valence-electron chi connectivity index (χ3n) is 2.34. The highest BCUT2D eigenvalue weighted by molar-refractivity contribution is 9.10. The number of hydrogen-bond acceptors (Lipinski definition) is 4. The Balaban J connectivity index is 2.49. The van der Waals surface area contributed by atoms with Crippen LogP contribution in [0.15, 0.2) is 56.1 Å². The molecule has 1 aromatic heterocycles. The van der Waals surface area contributed by atoms with Gasteiger partial charge in [0.2, 0.25) is 9.84 Å². The Kier molecular flexibility index (Phi) is 4.20. The van der Waals surface area contributed by atoms with E-state index in [4.69, 9.17) is 5.26 Å². The molecule has 6 heteroatoms. The van der Waals surface area contributed by atoms with E-state index in [2.05, 4.69) is 15.9 Å². The summed E-state index contributed by atoms with van der Waals surface area (Å²) < 4.78 is 25.4. The summed E-state index contributed by atoms with van der Waals surface area (Å²) in [5.41, 5.74) is 0. The van der Waals surface area contributed by atoms with Gasteiger partial charge in [0, 0.05) is 9.35 Å². The molecular formula is C13H8BrNO2S2. The normalized spacial score (nSPS) is 12.1. The molecule has 1 aromatic carbocycles. The van der Waals surface area contributed by atoms with Crippen LogP contribution in [-0.4, -0.2) is 8.42 Å². The number of allylic oxidation sites excluding steroid dienone is 1. The Hall–Kier alpha value is -1.42. The molecule has 0 saturated carbocycles. The van der Waals surface area contributed by atoms with Gasteiger partial charge in [-0.1, -0.05) is 22.0 Å². The maximum absolute atomic E-state index is 12.3. The van der Waals surface area contributed by atoms with Crippen molar-refractivity contribution in [3.8, 4) is 6.07 Å². The standard InChI is InChI=1S/C13H8BrNO2S2/c14-10-3-5-12(6-4-10)19(16,17)13(9-15)8-11-2-1-7-18-11/h1-8H. The van der Waals surface area contributed by atoms with E-state index in [9.17, 15) is 8.42 Å². The Morgan fingerprint density at radius 3 is 2.47 bits per heavy atom. The lowest BCUT2D eigenvalue weighted by Gasteiger charge is -2.02. The van der Waals surface area contributed by atoms with Crippen LogP contribution >= 0.6 is 27.3 Å². The molecule has 0 aliphatic rings. The largest absolute Gasteiger partial charge is 0.218 e. The zero-order valence-corrected chi connectivity index (χ0v) is 12.8. The van der Waals surface area contributed by atoms with E-state index in [1.54, 1.807) is 30.3 Å². The number of sulfone groups is 1. The third kappa shape index (κ3) is 3.13. The predicted octanol–water partition coefficient (Wildman–Crippen LogP) is 3.85. The average Bonchev–Trinajstić information content (AvgIpc) is 2.89. The minimum Gasteiger partial charge on any atom is -0.218 e. The second-order valence-electron chi connectivity index (χ2n) is 3.59. The first-order valence-corrected chi connectivity index (χ1v) is 8.35. The van der Waals surface area contributed by atoms with Crippen molar-refractivity contribution in [2.24, 2.45) is 0 Å². The van der Waals surface area contributed by atoms with Crippen molar-refractivity contribution in [3.63, 3.8) is 0 Å². The molecule has 0 unspecified atom stereocenters. The lowest BCUT2D eigenvalue weighted by atomic mass is 10.4. The molecule has 0 bridgehead atoms. The molecule has 0 amide bonds. The molecule has 0 saturated heterocycles. The van der Waals surface area contributed by atoms with Gasteiger partial charge < -0.3 is 0 Å². The van der Waals surface area contributed by atoms with Crippen molar-refractivity contribution in [2.75, 3.05) is 0 Å². The SMILES string of the molecule is N#CC(=Cc1cccs1)S(=O)(=O)c1ccc(Br)cc1. The molecule has 0 aliphatic heterocycles. The molecule has 0 N–H and O–H groups in total. The van der Waals surface area contributed by atoms with E-state index in [1.807, 2.05) is 5.38 Å². The lowest BCUT2D eigenvalue weighted by Crippen LogP contribution is -2.03. The topological polar surface area (TPSA) is 57.9 Å². The Bertz CT molecular complexity index is 739. The summed E-state index contributed by atoms with van der Waals surface area (Å²) in [6.45, 7) is 0. The first kappa shape index (κ1) is 14.0. The average molecular weight is 354 g/mol. The Morgan fingerprint density at radius 2 is 1.95 bits per heavy atom. The van der Waals surface area contributed by atoms with Crippen LogP contribution in [-0.2, 0) is 9.84 Å². The van der Waals surface area contributed by atoms with Gasteiger partial charge in [-0.15, -0.1) is 11.3 Å². The van der Waals surface area contributed by atoms with Crippen LogP contribution in [0.4, 0.5) is 0 Å². The Labute approximate surface area is 123 Å². The van der Waals surface area contributed by atoms with Gasteiger partial charge in [-0.3, -0.25) is 0 Å². The second kappa shape index (κ2) is 5.70. The summed E-state index contributed by atoms with van der Waals surface area (Å²) in [7, 11) is -3.76. The fourth-order valence-corrected chi connectivity index (χ4v) is 3.56. The van der Waals surface area contributed by atoms with E-state index in [-0.39, 0.29) is 9.80 Å². The zero-order valence-electron chi connectivity index (χ0n) is 9.58. The summed E-state index contributed by atoms with van der Waals surface area (Å²) in [6, 6.07) is 11.5. The molecule has 2 aromatic rings. The van der Waals surface area contributed by atoms with Gasteiger partial charge in [0.15, 0.2) is 4.91 Å². The van der Waals surface area contributed by atoms with E-state index < -0.39 is 9.84 Å². The fourth-order valence-electron chi connectivity index (χ4n) is 1.41. The first-order chi connectivity index (χ1) is 9.04. The maximum atomic E-state index is 12.3. The molecular weight excluding hydrogens is 346 g/mol. The van der Waals surface area contributed by atoms with Crippen molar-refractivity contribution in [1.82, 2.24) is 0 Å². The Morgan fingerprint density at radius 1 is 1.26 bits per heavy atom. The highest BCUT2D eigenvalue weighted by Gasteiger charge is 2.20. The van der Waals surface area contributed by atoms with Gasteiger partial charge in [0.05, 0.1) is 4.90 Å². The van der Waals surface area contributed by atoms with Gasteiger partial charge >= 0.3 is 0 Å². The highest BCUT2D eigenvalue weighted by Crippen LogP contribution is 2.24. The predicted molar refractivity (Wildman–Crippen MR) is 79.2 cm³/mol. The van der Waals surface area contributed by atoms with Crippen molar-refractivity contribution in [3.05, 3.63) is 56.0 Å². The van der Waals surface area contributed by atoms with Crippen molar-refractivity contribution in [1.29, 1.82) is 5.26 Å². The molecule has 0 fully saturated rings. The molecule has 96 valence electrons. The first-order valence-electron chi connectivity index (χ1n) is 5.20. The van der Waals surface area contributed by atoms with Crippen molar-refractivity contribution in [2.45, 2.75) is 4.90 Å². The molecule has 0 spiro atoms. The monoisotopic (exact) mass is 353 g/mol. The van der Waals surface area contributed by atoms with Crippen LogP contribution in [0, 0.1) is 11.3 Å². The molecule has 19 heavy (non-hydrogen) atoms. The minimum absolute atomic E-state index is 0.111. The molecule has 2 rings (SSSR count). The fraction of sp³-hybridized carbons (Fsp3) is 0. The number of nitrogens with zero attached hydrogens (tertiary/aromatic N) is 1. The summed E-state index contributed by atoms with van der Waals surface area (Å²) >= 11 is 4.62. The maximum Gasteiger partial charge on any atom is 0.216 e. The van der Waals surface area contributed by atoms with Gasteiger partial charge in [0.25, 0.3) is 0 Å². The van der Waals surface area contributed by atoms with E-state index in [0.717, 1.165) is 9.35 Å². The van der Waals surface area contributed by atoms with Crippen LogP contribution in [0.3, 0.4) is 0 Å². The van der Waals surface area contributed by atoms with Crippen molar-refractivity contribution < 1.29 is 8.42 Å². The third-order valence-corrected chi connectivity index (χ3v) is 5.37. The molecule has 0 radical (unpaired) electrons. The number of halogens is 1.